The van der Waals surface area contributed by atoms with Gasteiger partial charge in [-0.3, -0.25) is 0 Å². The fraction of sp³-hybridized carbons (Fsp3) is 0.105. The highest BCUT2D eigenvalue weighted by Gasteiger charge is 2.12. The molecule has 0 atom stereocenters. The van der Waals surface area contributed by atoms with Crippen LogP contribution in [0.5, 0.6) is 5.75 Å². The maximum Gasteiger partial charge on any atom is 0.344 e. The van der Waals surface area contributed by atoms with Gasteiger partial charge >= 0.3 is 5.63 Å². The Balaban J connectivity index is 2.37. The Morgan fingerprint density at radius 3 is 2.59 bits per heavy atom. The number of methoxy groups -OCH3 is 1. The van der Waals surface area contributed by atoms with Crippen molar-refractivity contribution in [2.24, 2.45) is 0 Å². The van der Waals surface area contributed by atoms with Gasteiger partial charge in [0.15, 0.2) is 0 Å². The van der Waals surface area contributed by atoms with Crippen LogP contribution in [-0.4, -0.2) is 7.11 Å². The first-order valence-corrected chi connectivity index (χ1v) is 7.12. The van der Waals surface area contributed by atoms with E-state index in [0.717, 1.165) is 32.9 Å². The highest BCUT2D eigenvalue weighted by atomic mass is 16.5. The van der Waals surface area contributed by atoms with Crippen molar-refractivity contribution in [3.05, 3.63) is 64.5 Å². The maximum atomic E-state index is 12.2. The van der Waals surface area contributed by atoms with Crippen molar-refractivity contribution in [1.29, 1.82) is 0 Å². The van der Waals surface area contributed by atoms with E-state index in [1.807, 2.05) is 55.5 Å². The average Bonchev–Trinajstić information content (AvgIpc) is 2.54. The SMILES string of the molecule is COc1ccc2ccc3oc(=O)c4cccc(C)c4c3c2c1. The zero-order valence-corrected chi connectivity index (χ0v) is 12.3. The van der Waals surface area contributed by atoms with Gasteiger partial charge in [0.1, 0.15) is 11.3 Å². The molecule has 3 heteroatoms. The molecule has 0 aliphatic carbocycles. The summed E-state index contributed by atoms with van der Waals surface area (Å²) in [5.41, 5.74) is 1.37. The van der Waals surface area contributed by atoms with E-state index < -0.39 is 0 Å². The maximum absolute atomic E-state index is 12.2. The number of rotatable bonds is 1. The van der Waals surface area contributed by atoms with Crippen LogP contribution < -0.4 is 10.4 Å². The Labute approximate surface area is 126 Å². The lowest BCUT2D eigenvalue weighted by Crippen LogP contribution is -2.01. The van der Waals surface area contributed by atoms with E-state index in [-0.39, 0.29) is 5.63 Å². The van der Waals surface area contributed by atoms with Crippen LogP contribution in [0.25, 0.3) is 32.5 Å². The summed E-state index contributed by atoms with van der Waals surface area (Å²) in [5.74, 6) is 0.785. The molecule has 0 aliphatic rings. The summed E-state index contributed by atoms with van der Waals surface area (Å²) in [6, 6.07) is 15.5. The molecule has 1 aromatic heterocycles. The standard InChI is InChI=1S/C19H14O3/c1-11-4-3-5-14-17(11)18-15-10-13(21-2)8-6-12(15)7-9-16(18)22-19(14)20/h3-10H,1-2H3. The van der Waals surface area contributed by atoms with Gasteiger partial charge in [0.2, 0.25) is 0 Å². The summed E-state index contributed by atoms with van der Waals surface area (Å²) in [6.07, 6.45) is 0. The average molecular weight is 290 g/mol. The van der Waals surface area contributed by atoms with Gasteiger partial charge in [-0.25, -0.2) is 4.79 Å². The molecule has 0 saturated carbocycles. The molecule has 1 heterocycles. The van der Waals surface area contributed by atoms with Crippen LogP contribution in [0.3, 0.4) is 0 Å². The molecule has 0 unspecified atom stereocenters. The minimum absolute atomic E-state index is 0.298. The molecule has 0 aliphatic heterocycles. The molecule has 4 aromatic rings. The van der Waals surface area contributed by atoms with Gasteiger partial charge < -0.3 is 9.15 Å². The fourth-order valence-corrected chi connectivity index (χ4v) is 3.07. The van der Waals surface area contributed by atoms with Gasteiger partial charge in [0.05, 0.1) is 12.5 Å². The van der Waals surface area contributed by atoms with Crippen LogP contribution in [-0.2, 0) is 0 Å². The predicted octanol–water partition coefficient (Wildman–Crippen LogP) is 4.42. The van der Waals surface area contributed by atoms with Crippen LogP contribution in [0.15, 0.2) is 57.7 Å². The Morgan fingerprint density at radius 1 is 0.955 bits per heavy atom. The Hall–Kier alpha value is -2.81. The van der Waals surface area contributed by atoms with Crippen LogP contribution in [0, 0.1) is 6.92 Å². The topological polar surface area (TPSA) is 39.4 Å². The van der Waals surface area contributed by atoms with Crippen molar-refractivity contribution >= 4 is 32.5 Å². The van der Waals surface area contributed by atoms with E-state index in [9.17, 15) is 4.79 Å². The van der Waals surface area contributed by atoms with Crippen molar-refractivity contribution in [3.8, 4) is 5.75 Å². The quantitative estimate of drug-likeness (QED) is 0.385. The van der Waals surface area contributed by atoms with E-state index in [0.29, 0.717) is 11.0 Å². The summed E-state index contributed by atoms with van der Waals surface area (Å²) >= 11 is 0. The van der Waals surface area contributed by atoms with E-state index in [4.69, 9.17) is 9.15 Å². The molecule has 22 heavy (non-hydrogen) atoms. The molecule has 108 valence electrons. The third-order valence-corrected chi connectivity index (χ3v) is 4.14. The molecule has 3 aromatic carbocycles. The molecule has 0 N–H and O–H groups in total. The van der Waals surface area contributed by atoms with E-state index in [2.05, 4.69) is 0 Å². The summed E-state index contributed by atoms with van der Waals surface area (Å²) in [6.45, 7) is 2.01. The number of ether oxygens (including phenoxy) is 1. The van der Waals surface area contributed by atoms with Crippen molar-refractivity contribution < 1.29 is 9.15 Å². The summed E-state index contributed by atoms with van der Waals surface area (Å²) in [7, 11) is 1.65. The number of fused-ring (bicyclic) bond motifs is 5. The third kappa shape index (κ3) is 1.72. The second kappa shape index (κ2) is 4.60. The zero-order valence-electron chi connectivity index (χ0n) is 12.3. The number of hydrogen-bond acceptors (Lipinski definition) is 3. The van der Waals surface area contributed by atoms with E-state index in [1.54, 1.807) is 7.11 Å². The molecular weight excluding hydrogens is 276 g/mol. The van der Waals surface area contributed by atoms with Crippen LogP contribution >= 0.6 is 0 Å². The van der Waals surface area contributed by atoms with Crippen molar-refractivity contribution in [1.82, 2.24) is 0 Å². The van der Waals surface area contributed by atoms with Crippen LogP contribution in [0.4, 0.5) is 0 Å². The predicted molar refractivity (Wildman–Crippen MR) is 88.8 cm³/mol. The smallest absolute Gasteiger partial charge is 0.344 e. The third-order valence-electron chi connectivity index (χ3n) is 4.14. The highest BCUT2D eigenvalue weighted by Crippen LogP contribution is 2.33. The van der Waals surface area contributed by atoms with Gasteiger partial charge in [-0.2, -0.15) is 0 Å². The molecule has 0 radical (unpaired) electrons. The van der Waals surface area contributed by atoms with Gasteiger partial charge in [-0.1, -0.05) is 24.3 Å². The molecule has 0 amide bonds. The van der Waals surface area contributed by atoms with Crippen molar-refractivity contribution in [2.75, 3.05) is 7.11 Å². The first-order valence-electron chi connectivity index (χ1n) is 7.12. The lowest BCUT2D eigenvalue weighted by atomic mass is 9.98. The van der Waals surface area contributed by atoms with Crippen LogP contribution in [0.2, 0.25) is 0 Å². The molecule has 0 fully saturated rings. The van der Waals surface area contributed by atoms with Crippen molar-refractivity contribution in [3.63, 3.8) is 0 Å². The molecular formula is C19H14O3. The monoisotopic (exact) mass is 290 g/mol. The number of aryl methyl sites for hydroxylation is 1. The Bertz CT molecular complexity index is 1090. The van der Waals surface area contributed by atoms with Gasteiger partial charge in [0.25, 0.3) is 0 Å². The minimum atomic E-state index is -0.298. The summed E-state index contributed by atoms with van der Waals surface area (Å²) < 4.78 is 10.9. The summed E-state index contributed by atoms with van der Waals surface area (Å²) in [5, 5.41) is 4.64. The Morgan fingerprint density at radius 2 is 1.77 bits per heavy atom. The summed E-state index contributed by atoms with van der Waals surface area (Å²) in [4.78, 5) is 12.2. The molecule has 0 spiro atoms. The second-order valence-electron chi connectivity index (χ2n) is 5.41. The zero-order chi connectivity index (χ0) is 15.3. The Kier molecular flexibility index (Phi) is 2.70. The van der Waals surface area contributed by atoms with Gasteiger partial charge in [-0.05, 0) is 47.5 Å². The molecule has 0 bridgehead atoms. The first kappa shape index (κ1) is 12.9. The van der Waals surface area contributed by atoms with E-state index >= 15 is 0 Å². The van der Waals surface area contributed by atoms with Crippen LogP contribution in [0.1, 0.15) is 5.56 Å². The molecule has 4 rings (SSSR count). The van der Waals surface area contributed by atoms with Gasteiger partial charge in [-0.15, -0.1) is 0 Å². The molecule has 0 saturated heterocycles. The van der Waals surface area contributed by atoms with Crippen molar-refractivity contribution in [2.45, 2.75) is 6.92 Å². The highest BCUT2D eigenvalue weighted by molar-refractivity contribution is 6.19. The largest absolute Gasteiger partial charge is 0.497 e. The van der Waals surface area contributed by atoms with E-state index in [1.165, 1.54) is 0 Å². The normalized spacial score (nSPS) is 11.4. The number of hydrogen-bond donors (Lipinski definition) is 0. The fourth-order valence-electron chi connectivity index (χ4n) is 3.07. The molecule has 3 nitrogen and oxygen atoms in total. The van der Waals surface area contributed by atoms with Gasteiger partial charge in [0, 0.05) is 10.8 Å². The number of benzene rings is 3. The lowest BCUT2D eigenvalue weighted by molar-refractivity contribution is 0.415. The first-order chi connectivity index (χ1) is 10.7. The second-order valence-corrected chi connectivity index (χ2v) is 5.41. The minimum Gasteiger partial charge on any atom is -0.497 e. The lowest BCUT2D eigenvalue weighted by Gasteiger charge is -2.09.